The highest BCUT2D eigenvalue weighted by molar-refractivity contribution is 9.10. The monoisotopic (exact) mass is 429 g/mol. The first kappa shape index (κ1) is 17.5. The molecule has 2 heterocycles. The minimum atomic E-state index is -0.815. The first-order valence-corrected chi connectivity index (χ1v) is 9.17. The highest BCUT2D eigenvalue weighted by atomic mass is 79.9. The highest BCUT2D eigenvalue weighted by Crippen LogP contribution is 2.36. The molecule has 0 aromatic heterocycles. The summed E-state index contributed by atoms with van der Waals surface area (Å²) in [6.45, 7) is 0.606. The smallest absolute Gasteiger partial charge is 0.253 e. The molecule has 0 spiro atoms. The van der Waals surface area contributed by atoms with E-state index in [1.54, 1.807) is 12.1 Å². The molecular formula is C19H16BrN3O4. The van der Waals surface area contributed by atoms with E-state index < -0.39 is 11.8 Å². The Hall–Kier alpha value is -2.87. The van der Waals surface area contributed by atoms with Crippen LogP contribution in [0, 0.1) is 5.92 Å². The number of rotatable bonds is 4. The Labute approximate surface area is 163 Å². The molecule has 8 heteroatoms. The molecule has 4 rings (SSSR count). The third-order valence-electron chi connectivity index (χ3n) is 4.56. The van der Waals surface area contributed by atoms with Gasteiger partial charge in [-0.05, 0) is 33.6 Å². The molecule has 2 N–H and O–H groups in total. The predicted octanol–water partition coefficient (Wildman–Crippen LogP) is 2.16. The zero-order valence-electron chi connectivity index (χ0n) is 14.1. The fourth-order valence-electron chi connectivity index (χ4n) is 3.20. The molecule has 2 amide bonds. The van der Waals surface area contributed by atoms with Crippen molar-refractivity contribution in [2.75, 3.05) is 13.3 Å². The molecule has 2 aliphatic rings. The number of ether oxygens (including phenoxy) is 2. The Morgan fingerprint density at radius 2 is 1.96 bits per heavy atom. The molecular weight excluding hydrogens is 414 g/mol. The average Bonchev–Trinajstić information content (AvgIpc) is 3.28. The van der Waals surface area contributed by atoms with Crippen molar-refractivity contribution in [2.45, 2.75) is 5.92 Å². The molecule has 1 fully saturated rings. The minimum Gasteiger partial charge on any atom is -0.454 e. The fourth-order valence-corrected chi connectivity index (χ4v) is 3.62. The van der Waals surface area contributed by atoms with E-state index in [1.165, 1.54) is 6.21 Å². The van der Waals surface area contributed by atoms with Gasteiger partial charge in [-0.2, -0.15) is 5.10 Å². The lowest BCUT2D eigenvalue weighted by Gasteiger charge is -2.15. The van der Waals surface area contributed by atoms with Gasteiger partial charge in [0.2, 0.25) is 12.7 Å². The Kier molecular flexibility index (Phi) is 4.81. The zero-order valence-corrected chi connectivity index (χ0v) is 15.7. The summed E-state index contributed by atoms with van der Waals surface area (Å²) in [5.74, 6) is -0.495. The zero-order chi connectivity index (χ0) is 18.8. The number of nitrogens with one attached hydrogen (secondary N) is 2. The maximum Gasteiger partial charge on any atom is 0.253 e. The number of fused-ring (bicyclic) bond motifs is 1. The van der Waals surface area contributed by atoms with Crippen LogP contribution in [0.3, 0.4) is 0 Å². The lowest BCUT2D eigenvalue weighted by molar-refractivity contribution is -0.133. The first-order valence-electron chi connectivity index (χ1n) is 8.38. The highest BCUT2D eigenvalue weighted by Gasteiger charge is 2.40. The Bertz CT molecular complexity index is 917. The predicted molar refractivity (Wildman–Crippen MR) is 102 cm³/mol. The van der Waals surface area contributed by atoms with Crippen LogP contribution in [0.25, 0.3) is 0 Å². The van der Waals surface area contributed by atoms with E-state index in [0.717, 1.165) is 15.6 Å². The number of benzene rings is 2. The molecule has 0 unspecified atom stereocenters. The number of carbonyl (C=O) groups is 2. The van der Waals surface area contributed by atoms with Crippen molar-refractivity contribution in [3.8, 4) is 11.5 Å². The van der Waals surface area contributed by atoms with Crippen molar-refractivity contribution in [2.24, 2.45) is 11.0 Å². The molecule has 0 saturated carbocycles. The van der Waals surface area contributed by atoms with Crippen LogP contribution in [-0.2, 0) is 9.59 Å². The van der Waals surface area contributed by atoms with Gasteiger partial charge in [0.25, 0.3) is 5.91 Å². The SMILES string of the molecule is O=C1NC[C@@H](c2ccccc2)[C@H]1C(=O)N/N=C/c1cc2c(cc1Br)OCO2. The van der Waals surface area contributed by atoms with Crippen molar-refractivity contribution < 1.29 is 19.1 Å². The standard InChI is InChI=1S/C19H16BrN3O4/c20-14-7-16-15(26-10-27-16)6-12(14)8-22-23-19(25)17-13(9-21-18(17)24)11-4-2-1-3-5-11/h1-8,13,17H,9-10H2,(H,21,24)(H,23,25)/b22-8+/t13-,17+/m0/s1. The van der Waals surface area contributed by atoms with Gasteiger partial charge in [-0.25, -0.2) is 5.43 Å². The summed E-state index contributed by atoms with van der Waals surface area (Å²) < 4.78 is 11.4. The normalized spacial score (nSPS) is 20.7. The molecule has 2 aromatic carbocycles. The van der Waals surface area contributed by atoms with Gasteiger partial charge in [-0.1, -0.05) is 30.3 Å². The Morgan fingerprint density at radius 3 is 2.74 bits per heavy atom. The average molecular weight is 430 g/mol. The Morgan fingerprint density at radius 1 is 1.22 bits per heavy atom. The molecule has 1 saturated heterocycles. The summed E-state index contributed by atoms with van der Waals surface area (Å²) in [6.07, 6.45) is 1.49. The fraction of sp³-hybridized carbons (Fsp3) is 0.211. The van der Waals surface area contributed by atoms with E-state index in [2.05, 4.69) is 31.8 Å². The van der Waals surface area contributed by atoms with Crippen LogP contribution in [0.15, 0.2) is 52.0 Å². The molecule has 2 atom stereocenters. The molecule has 0 radical (unpaired) electrons. The van der Waals surface area contributed by atoms with Gasteiger partial charge in [0, 0.05) is 22.5 Å². The summed E-state index contributed by atoms with van der Waals surface area (Å²) >= 11 is 3.43. The molecule has 138 valence electrons. The van der Waals surface area contributed by atoms with Crippen molar-refractivity contribution in [3.05, 3.63) is 58.1 Å². The van der Waals surface area contributed by atoms with E-state index in [1.807, 2.05) is 30.3 Å². The minimum absolute atomic E-state index is 0.177. The molecule has 2 aromatic rings. The number of hydrogen-bond donors (Lipinski definition) is 2. The summed E-state index contributed by atoms with van der Waals surface area (Å²) in [6, 6.07) is 13.1. The topological polar surface area (TPSA) is 89.0 Å². The third kappa shape index (κ3) is 3.52. The first-order chi connectivity index (χ1) is 13.1. The van der Waals surface area contributed by atoms with Crippen LogP contribution in [0.4, 0.5) is 0 Å². The van der Waals surface area contributed by atoms with E-state index in [-0.39, 0.29) is 18.6 Å². The summed E-state index contributed by atoms with van der Waals surface area (Å²) in [5, 5.41) is 6.76. The van der Waals surface area contributed by atoms with E-state index in [9.17, 15) is 9.59 Å². The number of nitrogens with zero attached hydrogens (tertiary/aromatic N) is 1. The van der Waals surface area contributed by atoms with Crippen molar-refractivity contribution in [3.63, 3.8) is 0 Å². The van der Waals surface area contributed by atoms with Crippen molar-refractivity contribution >= 4 is 34.0 Å². The van der Waals surface area contributed by atoms with Crippen LogP contribution in [0.1, 0.15) is 17.0 Å². The summed E-state index contributed by atoms with van der Waals surface area (Å²) in [7, 11) is 0. The van der Waals surface area contributed by atoms with Crippen molar-refractivity contribution in [1.29, 1.82) is 0 Å². The van der Waals surface area contributed by atoms with E-state index in [0.29, 0.717) is 18.0 Å². The van der Waals surface area contributed by atoms with Gasteiger partial charge in [-0.15, -0.1) is 0 Å². The number of carbonyl (C=O) groups excluding carboxylic acids is 2. The Balaban J connectivity index is 1.47. The second-order valence-electron chi connectivity index (χ2n) is 6.20. The molecule has 27 heavy (non-hydrogen) atoms. The second kappa shape index (κ2) is 7.40. The van der Waals surface area contributed by atoms with Gasteiger partial charge < -0.3 is 14.8 Å². The van der Waals surface area contributed by atoms with Crippen LogP contribution in [0.5, 0.6) is 11.5 Å². The van der Waals surface area contributed by atoms with Crippen LogP contribution >= 0.6 is 15.9 Å². The second-order valence-corrected chi connectivity index (χ2v) is 7.06. The maximum absolute atomic E-state index is 12.6. The molecule has 2 aliphatic heterocycles. The van der Waals surface area contributed by atoms with E-state index >= 15 is 0 Å². The van der Waals surface area contributed by atoms with Crippen LogP contribution in [-0.4, -0.2) is 31.4 Å². The maximum atomic E-state index is 12.6. The lowest BCUT2D eigenvalue weighted by atomic mass is 9.88. The lowest BCUT2D eigenvalue weighted by Crippen LogP contribution is -2.34. The van der Waals surface area contributed by atoms with E-state index in [4.69, 9.17) is 9.47 Å². The van der Waals surface area contributed by atoms with Gasteiger partial charge in [0.15, 0.2) is 11.5 Å². The third-order valence-corrected chi connectivity index (χ3v) is 5.25. The summed E-state index contributed by atoms with van der Waals surface area (Å²) in [4.78, 5) is 24.7. The molecule has 0 bridgehead atoms. The van der Waals surface area contributed by atoms with Gasteiger partial charge in [0.1, 0.15) is 5.92 Å². The van der Waals surface area contributed by atoms with Crippen molar-refractivity contribution in [1.82, 2.24) is 10.7 Å². The number of hydrogen-bond acceptors (Lipinski definition) is 5. The molecule has 0 aliphatic carbocycles. The van der Waals surface area contributed by atoms with Gasteiger partial charge in [0.05, 0.1) is 6.21 Å². The summed E-state index contributed by atoms with van der Waals surface area (Å²) in [5.41, 5.74) is 4.14. The van der Waals surface area contributed by atoms with Crippen LogP contribution in [0.2, 0.25) is 0 Å². The van der Waals surface area contributed by atoms with Crippen LogP contribution < -0.4 is 20.2 Å². The number of amides is 2. The molecule has 7 nitrogen and oxygen atoms in total. The number of halogens is 1. The quantitative estimate of drug-likeness (QED) is 0.442. The largest absolute Gasteiger partial charge is 0.454 e. The number of hydrazone groups is 1. The van der Waals surface area contributed by atoms with Gasteiger partial charge >= 0.3 is 0 Å². The van der Waals surface area contributed by atoms with Gasteiger partial charge in [-0.3, -0.25) is 9.59 Å².